The molecule has 0 spiro atoms. The molecule has 6 nitrogen and oxygen atoms in total. The molecule has 2 aliphatic rings. The average molecular weight is 306 g/mol. The van der Waals surface area contributed by atoms with Crippen LogP contribution in [-0.4, -0.2) is 77.5 Å². The topological polar surface area (TPSA) is 59.2 Å². The van der Waals surface area contributed by atoms with E-state index in [-0.39, 0.29) is 12.4 Å². The zero-order valence-electron chi connectivity index (χ0n) is 12.9. The van der Waals surface area contributed by atoms with Crippen LogP contribution in [0.4, 0.5) is 0 Å². The van der Waals surface area contributed by atoms with Gasteiger partial charge in [0.15, 0.2) is 6.23 Å². The van der Waals surface area contributed by atoms with Crippen LogP contribution in [0.5, 0.6) is 0 Å². The molecule has 0 aromatic heterocycles. The van der Waals surface area contributed by atoms with Gasteiger partial charge in [-0.2, -0.15) is 5.01 Å². The summed E-state index contributed by atoms with van der Waals surface area (Å²) >= 11 is 0. The second-order valence-electron chi connectivity index (χ2n) is 5.48. The fourth-order valence-corrected chi connectivity index (χ4v) is 3.06. The molecular formula is C13H28ClN5O. The molecule has 2 atom stereocenters. The quantitative estimate of drug-likeness (QED) is 0.766. The molecule has 3 N–H and O–H groups in total. The van der Waals surface area contributed by atoms with Gasteiger partial charge in [-0.05, 0) is 27.4 Å². The van der Waals surface area contributed by atoms with Crippen molar-refractivity contribution in [1.29, 1.82) is 0 Å². The summed E-state index contributed by atoms with van der Waals surface area (Å²) in [6.07, 6.45) is 0.460. The fraction of sp³-hybridized carbons (Fsp3) is 0.846. The van der Waals surface area contributed by atoms with Crippen LogP contribution in [0.1, 0.15) is 20.3 Å². The Kier molecular flexibility index (Phi) is 5.94. The van der Waals surface area contributed by atoms with Crippen molar-refractivity contribution < 1.29 is 5.11 Å². The summed E-state index contributed by atoms with van der Waals surface area (Å²) in [5, 5.41) is 14.3. The molecule has 0 saturated carbocycles. The summed E-state index contributed by atoms with van der Waals surface area (Å²) in [6.45, 7) is 7.68. The number of hydrogen-bond acceptors (Lipinski definition) is 6. The van der Waals surface area contributed by atoms with Gasteiger partial charge in [-0.3, -0.25) is 5.01 Å². The first kappa shape index (κ1) is 17.4. The standard InChI is InChI=1S/C13H27N5O.ClH/c1-5-17-12(11(14)13(19)18(17)6-2)16-8-7-10(9-16)15(3)4;/h10,13,19H,5-9,14H2,1-4H3;1H. The van der Waals surface area contributed by atoms with Gasteiger partial charge >= 0.3 is 0 Å². The summed E-state index contributed by atoms with van der Waals surface area (Å²) in [7, 11) is 4.23. The zero-order valence-corrected chi connectivity index (χ0v) is 13.7. The lowest BCUT2D eigenvalue weighted by molar-refractivity contribution is -0.0814. The largest absolute Gasteiger partial charge is 0.396 e. The Labute approximate surface area is 128 Å². The van der Waals surface area contributed by atoms with Crippen LogP contribution in [0.25, 0.3) is 0 Å². The Morgan fingerprint density at radius 1 is 1.30 bits per heavy atom. The SMILES string of the molecule is CCN1C(N2CCC(N(C)C)C2)=C(N)C(O)N1CC.Cl. The normalized spacial score (nSPS) is 27.7. The third-order valence-corrected chi connectivity index (χ3v) is 4.19. The molecule has 2 heterocycles. The van der Waals surface area contributed by atoms with Gasteiger partial charge in [0.2, 0.25) is 0 Å². The summed E-state index contributed by atoms with van der Waals surface area (Å²) < 4.78 is 0. The molecule has 1 saturated heterocycles. The number of aliphatic hydroxyl groups is 1. The minimum Gasteiger partial charge on any atom is -0.396 e. The maximum absolute atomic E-state index is 10.2. The molecule has 20 heavy (non-hydrogen) atoms. The number of hydrazine groups is 1. The van der Waals surface area contributed by atoms with E-state index in [1.165, 1.54) is 0 Å². The average Bonchev–Trinajstić information content (AvgIpc) is 2.94. The van der Waals surface area contributed by atoms with Gasteiger partial charge in [0.1, 0.15) is 5.82 Å². The summed E-state index contributed by atoms with van der Waals surface area (Å²) in [6, 6.07) is 0.562. The molecule has 0 bridgehead atoms. The van der Waals surface area contributed by atoms with Crippen LogP contribution in [-0.2, 0) is 0 Å². The van der Waals surface area contributed by atoms with E-state index >= 15 is 0 Å². The highest BCUT2D eigenvalue weighted by atomic mass is 35.5. The first-order valence-corrected chi connectivity index (χ1v) is 7.14. The number of aliphatic hydroxyl groups excluding tert-OH is 1. The number of likely N-dealkylation sites (N-methyl/N-ethyl adjacent to an activating group) is 2. The fourth-order valence-electron chi connectivity index (χ4n) is 3.06. The van der Waals surface area contributed by atoms with Gasteiger partial charge < -0.3 is 20.6 Å². The lowest BCUT2D eigenvalue weighted by atomic mass is 10.2. The molecule has 2 unspecified atom stereocenters. The van der Waals surface area contributed by atoms with Crippen LogP contribution in [0, 0.1) is 0 Å². The first-order valence-electron chi connectivity index (χ1n) is 7.14. The number of likely N-dealkylation sites (tertiary alicyclic amines) is 1. The molecule has 118 valence electrons. The van der Waals surface area contributed by atoms with Crippen molar-refractivity contribution >= 4 is 12.4 Å². The zero-order chi connectivity index (χ0) is 14.2. The molecule has 0 aliphatic carbocycles. The molecule has 0 aromatic rings. The van der Waals surface area contributed by atoms with Gasteiger partial charge in [0, 0.05) is 32.2 Å². The third kappa shape index (κ3) is 2.83. The highest BCUT2D eigenvalue weighted by Crippen LogP contribution is 2.30. The molecule has 0 radical (unpaired) electrons. The molecule has 0 amide bonds. The van der Waals surface area contributed by atoms with Gasteiger partial charge in [0.05, 0.1) is 5.70 Å². The monoisotopic (exact) mass is 305 g/mol. The molecular weight excluding hydrogens is 278 g/mol. The maximum atomic E-state index is 10.2. The summed E-state index contributed by atoms with van der Waals surface area (Å²) in [4.78, 5) is 4.57. The Hall–Kier alpha value is -0.690. The molecule has 7 heteroatoms. The van der Waals surface area contributed by atoms with Gasteiger partial charge in [-0.1, -0.05) is 6.92 Å². The number of nitrogens with zero attached hydrogens (tertiary/aromatic N) is 4. The molecule has 2 rings (SSSR count). The van der Waals surface area contributed by atoms with Crippen molar-refractivity contribution in [2.75, 3.05) is 40.3 Å². The number of hydrogen-bond donors (Lipinski definition) is 2. The van der Waals surface area contributed by atoms with Gasteiger partial charge in [-0.25, -0.2) is 0 Å². The van der Waals surface area contributed by atoms with E-state index in [1.54, 1.807) is 0 Å². The predicted octanol–water partition coefficient (Wildman–Crippen LogP) is 0.0627. The van der Waals surface area contributed by atoms with Crippen molar-refractivity contribution in [3.8, 4) is 0 Å². The summed E-state index contributed by atoms with van der Waals surface area (Å²) in [5.41, 5.74) is 6.73. The van der Waals surface area contributed by atoms with Crippen molar-refractivity contribution in [2.45, 2.75) is 32.5 Å². The van der Waals surface area contributed by atoms with E-state index < -0.39 is 6.23 Å². The predicted molar refractivity (Wildman–Crippen MR) is 82.9 cm³/mol. The summed E-state index contributed by atoms with van der Waals surface area (Å²) in [5.74, 6) is 1.00. The van der Waals surface area contributed by atoms with Crippen LogP contribution in [0.3, 0.4) is 0 Å². The molecule has 1 fully saturated rings. The minimum atomic E-state index is -0.682. The second kappa shape index (κ2) is 6.85. The van der Waals surface area contributed by atoms with Crippen LogP contribution in [0.15, 0.2) is 11.5 Å². The van der Waals surface area contributed by atoms with E-state index in [9.17, 15) is 5.11 Å². The smallest absolute Gasteiger partial charge is 0.168 e. The van der Waals surface area contributed by atoms with Crippen molar-refractivity contribution in [2.24, 2.45) is 5.73 Å². The number of nitrogens with two attached hydrogens (primary N) is 1. The van der Waals surface area contributed by atoms with Gasteiger partial charge in [0.25, 0.3) is 0 Å². The highest BCUT2D eigenvalue weighted by Gasteiger charge is 2.39. The third-order valence-electron chi connectivity index (χ3n) is 4.19. The molecule has 0 aromatic carbocycles. The number of rotatable bonds is 4. The van der Waals surface area contributed by atoms with Crippen molar-refractivity contribution in [1.82, 2.24) is 19.8 Å². The first-order chi connectivity index (χ1) is 9.01. The van der Waals surface area contributed by atoms with E-state index in [2.05, 4.69) is 35.8 Å². The Bertz CT molecular complexity index is 363. The highest BCUT2D eigenvalue weighted by molar-refractivity contribution is 5.85. The Morgan fingerprint density at radius 3 is 2.40 bits per heavy atom. The van der Waals surface area contributed by atoms with E-state index in [0.29, 0.717) is 11.7 Å². The van der Waals surface area contributed by atoms with E-state index in [0.717, 1.165) is 38.4 Å². The Balaban J connectivity index is 0.00000200. The van der Waals surface area contributed by atoms with Gasteiger partial charge in [-0.15, -0.1) is 12.4 Å². The van der Waals surface area contributed by atoms with Crippen molar-refractivity contribution in [3.63, 3.8) is 0 Å². The lowest BCUT2D eigenvalue weighted by Gasteiger charge is -2.35. The lowest BCUT2D eigenvalue weighted by Crippen LogP contribution is -2.45. The molecule has 2 aliphatic heterocycles. The van der Waals surface area contributed by atoms with E-state index in [4.69, 9.17) is 5.73 Å². The minimum absolute atomic E-state index is 0. The van der Waals surface area contributed by atoms with Crippen LogP contribution < -0.4 is 5.73 Å². The van der Waals surface area contributed by atoms with E-state index in [1.807, 2.05) is 11.9 Å². The Morgan fingerprint density at radius 2 is 1.95 bits per heavy atom. The van der Waals surface area contributed by atoms with Crippen LogP contribution in [0.2, 0.25) is 0 Å². The maximum Gasteiger partial charge on any atom is 0.168 e. The van der Waals surface area contributed by atoms with Crippen molar-refractivity contribution in [3.05, 3.63) is 11.5 Å². The van der Waals surface area contributed by atoms with Crippen LogP contribution >= 0.6 is 12.4 Å². The second-order valence-corrected chi connectivity index (χ2v) is 5.48. The number of halogens is 1.